The third-order valence-corrected chi connectivity index (χ3v) is 6.84. The Morgan fingerprint density at radius 2 is 1.27 bits per heavy atom. The van der Waals surface area contributed by atoms with Crippen LogP contribution in [0.4, 0.5) is 5.88 Å². The second kappa shape index (κ2) is 8.80. The molecular formula is C31H21ClN4O. The number of rotatable bonds is 4. The third kappa shape index (κ3) is 3.72. The van der Waals surface area contributed by atoms with Crippen molar-refractivity contribution in [2.45, 2.75) is 6.17 Å². The Hall–Kier alpha value is -4.61. The van der Waals surface area contributed by atoms with Crippen LogP contribution in [-0.2, 0) is 0 Å². The lowest BCUT2D eigenvalue weighted by molar-refractivity contribution is 0.525. The molecule has 1 aliphatic heterocycles. The topological polar surface area (TPSA) is 55.9 Å². The predicted molar refractivity (Wildman–Crippen MR) is 147 cm³/mol. The Balaban J connectivity index is 1.51. The van der Waals surface area contributed by atoms with Crippen molar-refractivity contribution in [3.8, 4) is 45.2 Å². The predicted octanol–water partition coefficient (Wildman–Crippen LogP) is 8.16. The van der Waals surface area contributed by atoms with Crippen LogP contribution >= 0.6 is 11.6 Å². The lowest BCUT2D eigenvalue weighted by atomic mass is 9.96. The molecule has 3 heterocycles. The lowest BCUT2D eigenvalue weighted by Gasteiger charge is -2.25. The molecule has 0 radical (unpaired) electrons. The Bertz CT molecular complexity index is 1690. The van der Waals surface area contributed by atoms with Crippen molar-refractivity contribution in [2.24, 2.45) is 0 Å². The molecule has 178 valence electrons. The van der Waals surface area contributed by atoms with E-state index in [9.17, 15) is 0 Å². The number of hydrogen-bond acceptors (Lipinski definition) is 4. The number of hydrogen-bond donors (Lipinski definition) is 1. The van der Waals surface area contributed by atoms with E-state index < -0.39 is 0 Å². The zero-order chi connectivity index (χ0) is 24.8. The molecule has 0 bridgehead atoms. The molecule has 0 fully saturated rings. The highest BCUT2D eigenvalue weighted by Gasteiger charge is 2.36. The SMILES string of the molecule is Clc1ccc([C@H]2Nc3oc(-c4ccccc4)c(-c4ccccc4)c3-c3nc(-c4ccccc4)nn32)cc1. The molecule has 0 amide bonds. The Kier molecular flexibility index (Phi) is 5.15. The molecule has 7 rings (SSSR count). The van der Waals surface area contributed by atoms with Gasteiger partial charge >= 0.3 is 0 Å². The summed E-state index contributed by atoms with van der Waals surface area (Å²) < 4.78 is 8.56. The van der Waals surface area contributed by atoms with Crippen molar-refractivity contribution >= 4 is 17.5 Å². The fourth-order valence-electron chi connectivity index (χ4n) is 4.86. The van der Waals surface area contributed by atoms with Gasteiger partial charge in [0.05, 0.1) is 5.56 Å². The van der Waals surface area contributed by atoms with Crippen LogP contribution in [-0.4, -0.2) is 14.8 Å². The maximum absolute atomic E-state index is 6.61. The molecule has 1 N–H and O–H groups in total. The number of fused-ring (bicyclic) bond motifs is 3. The van der Waals surface area contributed by atoms with E-state index in [1.54, 1.807) is 0 Å². The maximum atomic E-state index is 6.61. The first-order chi connectivity index (χ1) is 18.3. The maximum Gasteiger partial charge on any atom is 0.207 e. The summed E-state index contributed by atoms with van der Waals surface area (Å²) in [6.07, 6.45) is -0.317. The van der Waals surface area contributed by atoms with Gasteiger partial charge in [-0.3, -0.25) is 0 Å². The smallest absolute Gasteiger partial charge is 0.207 e. The summed E-state index contributed by atoms with van der Waals surface area (Å²) in [6.45, 7) is 0. The van der Waals surface area contributed by atoms with Crippen LogP contribution in [0.3, 0.4) is 0 Å². The van der Waals surface area contributed by atoms with Gasteiger partial charge in [-0.05, 0) is 23.3 Å². The van der Waals surface area contributed by atoms with Crippen molar-refractivity contribution in [2.75, 3.05) is 5.32 Å². The quantitative estimate of drug-likeness (QED) is 0.265. The van der Waals surface area contributed by atoms with Gasteiger partial charge < -0.3 is 9.73 Å². The standard InChI is InChI=1S/C31H21ClN4O/c32-24-18-16-23(17-19-24)29-34-31-26(30-33-28(35-36(29)30)22-14-8-3-9-15-22)25(20-10-4-1-5-11-20)27(37-31)21-12-6-2-7-13-21/h1-19,29,34H/t29-/m0/s1. The van der Waals surface area contributed by atoms with Gasteiger partial charge in [0.25, 0.3) is 0 Å². The Morgan fingerprint density at radius 3 is 1.92 bits per heavy atom. The minimum absolute atomic E-state index is 0.317. The summed E-state index contributed by atoms with van der Waals surface area (Å²) in [7, 11) is 0. The van der Waals surface area contributed by atoms with Crippen LogP contribution in [0.15, 0.2) is 120 Å². The van der Waals surface area contributed by atoms with Gasteiger partial charge in [-0.1, -0.05) is 115 Å². The van der Waals surface area contributed by atoms with Crippen molar-refractivity contribution < 1.29 is 4.42 Å². The molecule has 0 saturated carbocycles. The summed E-state index contributed by atoms with van der Waals surface area (Å²) >= 11 is 6.20. The third-order valence-electron chi connectivity index (χ3n) is 6.59. The van der Waals surface area contributed by atoms with Crippen LogP contribution in [0.5, 0.6) is 0 Å². The van der Waals surface area contributed by atoms with Crippen molar-refractivity contribution in [3.63, 3.8) is 0 Å². The number of furan rings is 1. The Labute approximate surface area is 219 Å². The molecule has 1 atom stereocenters. The van der Waals surface area contributed by atoms with Crippen LogP contribution in [0, 0.1) is 0 Å². The van der Waals surface area contributed by atoms with E-state index in [-0.39, 0.29) is 6.17 Å². The average molecular weight is 501 g/mol. The molecule has 6 heteroatoms. The molecule has 37 heavy (non-hydrogen) atoms. The number of nitrogens with zero attached hydrogens (tertiary/aromatic N) is 3. The zero-order valence-corrected chi connectivity index (χ0v) is 20.4. The fraction of sp³-hybridized carbons (Fsp3) is 0.0323. The molecule has 0 aliphatic carbocycles. The normalized spacial score (nSPS) is 14.0. The number of anilines is 1. The highest BCUT2D eigenvalue weighted by atomic mass is 35.5. The largest absolute Gasteiger partial charge is 0.439 e. The van der Waals surface area contributed by atoms with E-state index in [2.05, 4.69) is 29.6 Å². The zero-order valence-electron chi connectivity index (χ0n) is 19.7. The van der Waals surface area contributed by atoms with E-state index in [0.717, 1.165) is 45.0 Å². The first kappa shape index (κ1) is 21.7. The van der Waals surface area contributed by atoms with Crippen molar-refractivity contribution in [1.82, 2.24) is 14.8 Å². The van der Waals surface area contributed by atoms with Crippen molar-refractivity contribution in [3.05, 3.63) is 126 Å². The summed E-state index contributed by atoms with van der Waals surface area (Å²) in [6, 6.07) is 38.3. The monoisotopic (exact) mass is 500 g/mol. The minimum atomic E-state index is -0.317. The van der Waals surface area contributed by atoms with Crippen LogP contribution < -0.4 is 5.32 Å². The molecule has 5 nitrogen and oxygen atoms in total. The highest BCUT2D eigenvalue weighted by molar-refractivity contribution is 6.30. The molecule has 4 aromatic carbocycles. The van der Waals surface area contributed by atoms with E-state index in [0.29, 0.717) is 16.7 Å². The molecule has 0 saturated heterocycles. The summed E-state index contributed by atoms with van der Waals surface area (Å²) in [5.41, 5.74) is 5.87. The van der Waals surface area contributed by atoms with E-state index in [1.807, 2.05) is 95.7 Å². The Morgan fingerprint density at radius 1 is 0.676 bits per heavy atom. The summed E-state index contributed by atoms with van der Waals surface area (Å²) in [5, 5.41) is 9.27. The first-order valence-corrected chi connectivity index (χ1v) is 12.5. The molecule has 1 aliphatic rings. The number of benzene rings is 4. The van der Waals surface area contributed by atoms with E-state index >= 15 is 0 Å². The van der Waals surface area contributed by atoms with Crippen LogP contribution in [0.2, 0.25) is 5.02 Å². The van der Waals surface area contributed by atoms with Crippen LogP contribution in [0.1, 0.15) is 11.7 Å². The van der Waals surface area contributed by atoms with E-state index in [1.165, 1.54) is 0 Å². The van der Waals surface area contributed by atoms with Gasteiger partial charge in [0, 0.05) is 21.7 Å². The molecular weight excluding hydrogens is 480 g/mol. The number of halogens is 1. The molecule has 2 aromatic heterocycles. The summed E-state index contributed by atoms with van der Waals surface area (Å²) in [4.78, 5) is 5.07. The average Bonchev–Trinajstić information content (AvgIpc) is 3.57. The van der Waals surface area contributed by atoms with E-state index in [4.69, 9.17) is 26.1 Å². The molecule has 6 aromatic rings. The fourth-order valence-corrected chi connectivity index (χ4v) is 4.98. The lowest BCUT2D eigenvalue weighted by Crippen LogP contribution is -2.25. The van der Waals surface area contributed by atoms with Gasteiger partial charge in [-0.25, -0.2) is 9.67 Å². The second-order valence-corrected chi connectivity index (χ2v) is 9.35. The summed E-state index contributed by atoms with van der Waals surface area (Å²) in [5.74, 6) is 2.86. The van der Waals surface area contributed by atoms with Gasteiger partial charge in [-0.2, -0.15) is 0 Å². The number of aromatic nitrogens is 3. The van der Waals surface area contributed by atoms with Crippen LogP contribution in [0.25, 0.3) is 45.2 Å². The first-order valence-electron chi connectivity index (χ1n) is 12.1. The minimum Gasteiger partial charge on any atom is -0.439 e. The second-order valence-electron chi connectivity index (χ2n) is 8.91. The van der Waals surface area contributed by atoms with Gasteiger partial charge in [0.1, 0.15) is 5.76 Å². The van der Waals surface area contributed by atoms with Crippen molar-refractivity contribution in [1.29, 1.82) is 0 Å². The van der Waals surface area contributed by atoms with Gasteiger partial charge in [0.15, 0.2) is 17.8 Å². The molecule has 0 unspecified atom stereocenters. The highest BCUT2D eigenvalue weighted by Crippen LogP contribution is 2.50. The number of nitrogens with one attached hydrogen (secondary N) is 1. The van der Waals surface area contributed by atoms with Gasteiger partial charge in [-0.15, -0.1) is 5.10 Å². The molecule has 0 spiro atoms. The van der Waals surface area contributed by atoms with Gasteiger partial charge in [0.2, 0.25) is 5.88 Å².